The number of rotatable bonds is 4. The van der Waals surface area contributed by atoms with Crippen molar-refractivity contribution in [3.8, 4) is 0 Å². The van der Waals surface area contributed by atoms with Crippen molar-refractivity contribution in [3.05, 3.63) is 63.1 Å². The summed E-state index contributed by atoms with van der Waals surface area (Å²) in [5.74, 6) is -0.190. The number of pyridine rings is 1. The third-order valence-electron chi connectivity index (χ3n) is 3.37. The zero-order chi connectivity index (χ0) is 14.7. The summed E-state index contributed by atoms with van der Waals surface area (Å²) in [5, 5.41) is 3.23. The molecule has 0 saturated heterocycles. The highest BCUT2D eigenvalue weighted by atomic mass is 79.9. The van der Waals surface area contributed by atoms with Gasteiger partial charge in [-0.05, 0) is 56.1 Å². The highest BCUT2D eigenvalue weighted by molar-refractivity contribution is 9.10. The topological polar surface area (TPSA) is 24.9 Å². The Morgan fingerprint density at radius 1 is 1.30 bits per heavy atom. The van der Waals surface area contributed by atoms with Crippen LogP contribution in [0.5, 0.6) is 0 Å². The molecule has 1 aromatic heterocycles. The maximum Gasteiger partial charge on any atom is 0.127 e. The smallest absolute Gasteiger partial charge is 0.127 e. The van der Waals surface area contributed by atoms with Crippen molar-refractivity contribution in [3.63, 3.8) is 0 Å². The fourth-order valence-corrected chi connectivity index (χ4v) is 2.67. The molecule has 0 radical (unpaired) electrons. The van der Waals surface area contributed by atoms with Crippen molar-refractivity contribution in [2.45, 2.75) is 26.3 Å². The van der Waals surface area contributed by atoms with E-state index in [9.17, 15) is 4.39 Å². The number of halogens is 2. The molecule has 2 nitrogen and oxygen atoms in total. The van der Waals surface area contributed by atoms with Crippen LogP contribution < -0.4 is 5.32 Å². The number of hydrogen-bond acceptors (Lipinski definition) is 2. The molecule has 0 spiro atoms. The maximum absolute atomic E-state index is 13.9. The van der Waals surface area contributed by atoms with Crippen molar-refractivity contribution >= 4 is 15.9 Å². The number of nitrogens with zero attached hydrogens (tertiary/aromatic N) is 1. The molecule has 4 heteroatoms. The molecule has 106 valence electrons. The zero-order valence-corrected chi connectivity index (χ0v) is 13.5. The summed E-state index contributed by atoms with van der Waals surface area (Å²) in [6.07, 6.45) is 2.43. The average Bonchev–Trinajstić information content (AvgIpc) is 2.39. The number of aryl methyl sites for hydroxylation is 2. The SMILES string of the molecule is CNC(Cc1ccc(Br)cc1F)c1ncc(C)cc1C. The van der Waals surface area contributed by atoms with Gasteiger partial charge in [0.2, 0.25) is 0 Å². The van der Waals surface area contributed by atoms with Gasteiger partial charge in [0, 0.05) is 10.7 Å². The molecule has 1 atom stereocenters. The fourth-order valence-electron chi connectivity index (χ4n) is 2.33. The van der Waals surface area contributed by atoms with Gasteiger partial charge < -0.3 is 5.32 Å². The van der Waals surface area contributed by atoms with Gasteiger partial charge in [-0.15, -0.1) is 0 Å². The van der Waals surface area contributed by atoms with Crippen molar-refractivity contribution in [1.82, 2.24) is 10.3 Å². The summed E-state index contributed by atoms with van der Waals surface area (Å²) in [7, 11) is 1.88. The lowest BCUT2D eigenvalue weighted by atomic mass is 9.99. The monoisotopic (exact) mass is 336 g/mol. The van der Waals surface area contributed by atoms with Gasteiger partial charge in [-0.25, -0.2) is 4.39 Å². The minimum absolute atomic E-state index is 0.00581. The summed E-state index contributed by atoms with van der Waals surface area (Å²) >= 11 is 3.28. The van der Waals surface area contributed by atoms with Crippen molar-refractivity contribution in [2.24, 2.45) is 0 Å². The predicted octanol–water partition coefficient (Wildman–Crippen LogP) is 4.10. The van der Waals surface area contributed by atoms with Gasteiger partial charge in [0.05, 0.1) is 11.7 Å². The Morgan fingerprint density at radius 3 is 2.65 bits per heavy atom. The molecule has 1 unspecified atom stereocenters. The lowest BCUT2D eigenvalue weighted by Crippen LogP contribution is -2.21. The van der Waals surface area contributed by atoms with E-state index in [1.807, 2.05) is 39.2 Å². The van der Waals surface area contributed by atoms with Gasteiger partial charge in [0.1, 0.15) is 5.82 Å². The Hall–Kier alpha value is -1.26. The quantitative estimate of drug-likeness (QED) is 0.908. The van der Waals surface area contributed by atoms with Crippen LogP contribution in [0.2, 0.25) is 0 Å². The van der Waals surface area contributed by atoms with Crippen LogP contribution in [0, 0.1) is 19.7 Å². The molecule has 1 heterocycles. The van der Waals surface area contributed by atoms with E-state index >= 15 is 0 Å². The maximum atomic E-state index is 13.9. The molecule has 2 rings (SSSR count). The second-order valence-electron chi connectivity index (χ2n) is 5.00. The van der Waals surface area contributed by atoms with Crippen LogP contribution in [-0.2, 0) is 6.42 Å². The lowest BCUT2D eigenvalue weighted by Gasteiger charge is -2.18. The van der Waals surface area contributed by atoms with Crippen molar-refractivity contribution in [2.75, 3.05) is 7.05 Å². The Labute approximate surface area is 127 Å². The zero-order valence-electron chi connectivity index (χ0n) is 11.9. The first-order valence-corrected chi connectivity index (χ1v) is 7.35. The van der Waals surface area contributed by atoms with Gasteiger partial charge in [0.15, 0.2) is 0 Å². The van der Waals surface area contributed by atoms with Gasteiger partial charge in [0.25, 0.3) is 0 Å². The molecule has 0 aliphatic carbocycles. The Kier molecular flexibility index (Phi) is 4.89. The molecule has 0 amide bonds. The molecule has 2 aromatic rings. The van der Waals surface area contributed by atoms with Crippen LogP contribution in [0.1, 0.15) is 28.4 Å². The standard InChI is InChI=1S/C16H18BrFN2/c1-10-6-11(2)16(20-9-10)15(19-3)7-12-4-5-13(17)8-14(12)18/h4-6,8-9,15,19H,7H2,1-3H3. The minimum atomic E-state index is -0.190. The highest BCUT2D eigenvalue weighted by Crippen LogP contribution is 2.23. The lowest BCUT2D eigenvalue weighted by molar-refractivity contribution is 0.542. The van der Waals surface area contributed by atoms with Gasteiger partial charge in [-0.1, -0.05) is 28.1 Å². The molecule has 0 bridgehead atoms. The van der Waals surface area contributed by atoms with E-state index in [1.54, 1.807) is 0 Å². The van der Waals surface area contributed by atoms with E-state index in [2.05, 4.69) is 32.3 Å². The number of nitrogens with one attached hydrogen (secondary N) is 1. The predicted molar refractivity (Wildman–Crippen MR) is 83.3 cm³/mol. The minimum Gasteiger partial charge on any atom is -0.311 e. The third-order valence-corrected chi connectivity index (χ3v) is 3.87. The molecule has 0 fully saturated rings. The van der Waals surface area contributed by atoms with Crippen LogP contribution >= 0.6 is 15.9 Å². The average molecular weight is 337 g/mol. The van der Waals surface area contributed by atoms with Crippen molar-refractivity contribution < 1.29 is 4.39 Å². The van der Waals surface area contributed by atoms with Gasteiger partial charge >= 0.3 is 0 Å². The fraction of sp³-hybridized carbons (Fsp3) is 0.312. The third kappa shape index (κ3) is 3.44. The summed E-state index contributed by atoms with van der Waals surface area (Å²) in [4.78, 5) is 4.50. The van der Waals surface area contributed by atoms with E-state index in [0.29, 0.717) is 12.0 Å². The normalized spacial score (nSPS) is 12.4. The van der Waals surface area contributed by atoms with Crippen LogP contribution in [0.4, 0.5) is 4.39 Å². The van der Waals surface area contributed by atoms with E-state index < -0.39 is 0 Å². The summed E-state index contributed by atoms with van der Waals surface area (Å²) in [6.45, 7) is 4.06. The van der Waals surface area contributed by atoms with Gasteiger partial charge in [-0.3, -0.25) is 4.98 Å². The Bertz CT molecular complexity index is 613. The molecule has 0 aliphatic rings. The summed E-state index contributed by atoms with van der Waals surface area (Å²) in [5.41, 5.74) is 3.92. The molecule has 1 aromatic carbocycles. The first-order valence-electron chi connectivity index (χ1n) is 6.55. The van der Waals surface area contributed by atoms with E-state index in [-0.39, 0.29) is 11.9 Å². The second-order valence-corrected chi connectivity index (χ2v) is 5.91. The van der Waals surface area contributed by atoms with E-state index in [1.165, 1.54) is 6.07 Å². The first-order chi connectivity index (χ1) is 9.51. The van der Waals surface area contributed by atoms with E-state index in [0.717, 1.165) is 21.3 Å². The number of hydrogen-bond donors (Lipinski definition) is 1. The summed E-state index contributed by atoms with van der Waals surface area (Å²) in [6, 6.07) is 7.28. The molecule has 0 saturated carbocycles. The number of benzene rings is 1. The molecule has 20 heavy (non-hydrogen) atoms. The number of likely N-dealkylation sites (N-methyl/N-ethyl adjacent to an activating group) is 1. The van der Waals surface area contributed by atoms with Crippen LogP contribution in [0.15, 0.2) is 34.9 Å². The van der Waals surface area contributed by atoms with Crippen molar-refractivity contribution in [1.29, 1.82) is 0 Å². The van der Waals surface area contributed by atoms with Crippen LogP contribution in [-0.4, -0.2) is 12.0 Å². The van der Waals surface area contributed by atoms with E-state index in [4.69, 9.17) is 0 Å². The molecular weight excluding hydrogens is 319 g/mol. The Balaban J connectivity index is 2.28. The second kappa shape index (κ2) is 6.46. The first kappa shape index (κ1) is 15.1. The summed E-state index contributed by atoms with van der Waals surface area (Å²) < 4.78 is 14.7. The van der Waals surface area contributed by atoms with Crippen LogP contribution in [0.25, 0.3) is 0 Å². The molecular formula is C16H18BrFN2. The molecule has 0 aliphatic heterocycles. The highest BCUT2D eigenvalue weighted by Gasteiger charge is 2.16. The van der Waals surface area contributed by atoms with Crippen LogP contribution in [0.3, 0.4) is 0 Å². The molecule has 1 N–H and O–H groups in total. The largest absolute Gasteiger partial charge is 0.311 e. The Morgan fingerprint density at radius 2 is 2.05 bits per heavy atom. The number of aromatic nitrogens is 1. The van der Waals surface area contributed by atoms with Gasteiger partial charge in [-0.2, -0.15) is 0 Å².